The van der Waals surface area contributed by atoms with E-state index in [2.05, 4.69) is 15.1 Å². The SMILES string of the molecule is O=C(C1CC1)N1CCCC(c2nnc(C3CCCC3)s2)C1. The van der Waals surface area contributed by atoms with Gasteiger partial charge in [0.1, 0.15) is 10.0 Å². The van der Waals surface area contributed by atoms with Gasteiger partial charge in [-0.1, -0.05) is 12.8 Å². The van der Waals surface area contributed by atoms with Crippen LogP contribution in [0.25, 0.3) is 0 Å². The average molecular weight is 305 g/mol. The van der Waals surface area contributed by atoms with Gasteiger partial charge in [0.05, 0.1) is 0 Å². The first-order valence-electron chi connectivity index (χ1n) is 8.43. The molecule has 2 aliphatic carbocycles. The number of carbonyl (C=O) groups is 1. The van der Waals surface area contributed by atoms with E-state index in [0.717, 1.165) is 38.8 Å². The summed E-state index contributed by atoms with van der Waals surface area (Å²) in [6.45, 7) is 1.81. The second-order valence-corrected chi connectivity index (χ2v) is 7.90. The lowest BCUT2D eigenvalue weighted by molar-refractivity contribution is -0.133. The van der Waals surface area contributed by atoms with E-state index >= 15 is 0 Å². The van der Waals surface area contributed by atoms with E-state index in [1.807, 2.05) is 11.3 Å². The molecule has 4 nitrogen and oxygen atoms in total. The quantitative estimate of drug-likeness (QED) is 0.860. The lowest BCUT2D eigenvalue weighted by Gasteiger charge is -2.31. The summed E-state index contributed by atoms with van der Waals surface area (Å²) in [4.78, 5) is 14.3. The fraction of sp³-hybridized carbons (Fsp3) is 0.812. The Morgan fingerprint density at radius 2 is 1.62 bits per heavy atom. The Labute approximate surface area is 129 Å². The second-order valence-electron chi connectivity index (χ2n) is 6.86. The van der Waals surface area contributed by atoms with Crippen molar-refractivity contribution < 1.29 is 4.79 Å². The Hall–Kier alpha value is -0.970. The number of hydrogen-bond donors (Lipinski definition) is 0. The largest absolute Gasteiger partial charge is 0.342 e. The number of rotatable bonds is 3. The van der Waals surface area contributed by atoms with Gasteiger partial charge in [-0.2, -0.15) is 0 Å². The first-order valence-corrected chi connectivity index (χ1v) is 9.25. The van der Waals surface area contributed by atoms with Crippen LogP contribution < -0.4 is 0 Å². The van der Waals surface area contributed by atoms with Crippen molar-refractivity contribution in [3.8, 4) is 0 Å². The number of aromatic nitrogens is 2. The number of nitrogens with zero attached hydrogens (tertiary/aromatic N) is 3. The fourth-order valence-corrected chi connectivity index (χ4v) is 4.86. The van der Waals surface area contributed by atoms with Crippen LogP contribution in [-0.2, 0) is 4.79 Å². The number of carbonyl (C=O) groups excluding carboxylic acids is 1. The number of piperidine rings is 1. The van der Waals surface area contributed by atoms with E-state index in [9.17, 15) is 4.79 Å². The topological polar surface area (TPSA) is 46.1 Å². The highest BCUT2D eigenvalue weighted by Crippen LogP contribution is 2.39. The molecule has 0 aromatic carbocycles. The van der Waals surface area contributed by atoms with Crippen LogP contribution >= 0.6 is 11.3 Å². The van der Waals surface area contributed by atoms with Crippen molar-refractivity contribution >= 4 is 17.2 Å². The average Bonchev–Trinajstić information content (AvgIpc) is 3.03. The second kappa shape index (κ2) is 5.67. The van der Waals surface area contributed by atoms with Crippen LogP contribution in [0.1, 0.15) is 73.2 Å². The minimum atomic E-state index is 0.340. The molecule has 4 rings (SSSR count). The van der Waals surface area contributed by atoms with Crippen molar-refractivity contribution in [2.45, 2.75) is 63.2 Å². The first kappa shape index (κ1) is 13.7. The molecule has 0 radical (unpaired) electrons. The van der Waals surface area contributed by atoms with Crippen molar-refractivity contribution in [2.75, 3.05) is 13.1 Å². The van der Waals surface area contributed by atoms with Crippen molar-refractivity contribution in [3.05, 3.63) is 10.0 Å². The van der Waals surface area contributed by atoms with Crippen LogP contribution in [-0.4, -0.2) is 34.1 Å². The molecular formula is C16H23N3OS. The van der Waals surface area contributed by atoms with Crippen LogP contribution in [0.2, 0.25) is 0 Å². The van der Waals surface area contributed by atoms with Gasteiger partial charge in [0.15, 0.2) is 0 Å². The molecule has 1 unspecified atom stereocenters. The van der Waals surface area contributed by atoms with E-state index in [4.69, 9.17) is 0 Å². The molecule has 2 heterocycles. The summed E-state index contributed by atoms with van der Waals surface area (Å²) in [5.41, 5.74) is 0. The molecule has 3 fully saturated rings. The van der Waals surface area contributed by atoms with E-state index in [1.54, 1.807) is 0 Å². The highest BCUT2D eigenvalue weighted by atomic mass is 32.1. The zero-order valence-corrected chi connectivity index (χ0v) is 13.3. The maximum Gasteiger partial charge on any atom is 0.225 e. The third-order valence-electron chi connectivity index (χ3n) is 5.17. The molecule has 3 aliphatic rings. The molecule has 1 aromatic heterocycles. The summed E-state index contributed by atoms with van der Waals surface area (Å²) in [7, 11) is 0. The standard InChI is InChI=1S/C16H23N3OS/c20-16(12-7-8-12)19-9-3-6-13(10-19)15-18-17-14(21-15)11-4-1-2-5-11/h11-13H,1-10H2. The maximum absolute atomic E-state index is 12.2. The Morgan fingerprint density at radius 3 is 2.33 bits per heavy atom. The molecular weight excluding hydrogens is 282 g/mol. The Bertz CT molecular complexity index is 519. The predicted molar refractivity (Wildman–Crippen MR) is 82.4 cm³/mol. The van der Waals surface area contributed by atoms with Gasteiger partial charge in [-0.3, -0.25) is 4.79 Å². The summed E-state index contributed by atoms with van der Waals surface area (Å²) in [6, 6.07) is 0. The lowest BCUT2D eigenvalue weighted by Crippen LogP contribution is -2.39. The Morgan fingerprint density at radius 1 is 0.952 bits per heavy atom. The molecule has 1 atom stereocenters. The number of hydrogen-bond acceptors (Lipinski definition) is 4. The third-order valence-corrected chi connectivity index (χ3v) is 6.42. The number of likely N-dealkylation sites (tertiary alicyclic amines) is 1. The van der Waals surface area contributed by atoms with Gasteiger partial charge in [-0.15, -0.1) is 21.5 Å². The van der Waals surface area contributed by atoms with Gasteiger partial charge in [-0.05, 0) is 38.5 Å². The zero-order chi connectivity index (χ0) is 14.2. The van der Waals surface area contributed by atoms with Crippen molar-refractivity contribution in [1.82, 2.24) is 15.1 Å². The summed E-state index contributed by atoms with van der Waals surface area (Å²) in [6.07, 6.45) is 9.72. The summed E-state index contributed by atoms with van der Waals surface area (Å²) < 4.78 is 0. The zero-order valence-electron chi connectivity index (χ0n) is 12.5. The van der Waals surface area contributed by atoms with Crippen LogP contribution in [0.4, 0.5) is 0 Å². The fourth-order valence-electron chi connectivity index (χ4n) is 3.72. The molecule has 1 aromatic rings. The van der Waals surface area contributed by atoms with Crippen LogP contribution in [0.3, 0.4) is 0 Å². The van der Waals surface area contributed by atoms with Crippen LogP contribution in [0.15, 0.2) is 0 Å². The van der Waals surface area contributed by atoms with E-state index in [-0.39, 0.29) is 0 Å². The molecule has 0 N–H and O–H groups in total. The molecule has 1 amide bonds. The molecule has 5 heteroatoms. The summed E-state index contributed by atoms with van der Waals surface area (Å²) in [5, 5.41) is 11.3. The monoisotopic (exact) mass is 305 g/mol. The van der Waals surface area contributed by atoms with Gasteiger partial charge >= 0.3 is 0 Å². The minimum absolute atomic E-state index is 0.340. The molecule has 1 saturated heterocycles. The summed E-state index contributed by atoms with van der Waals surface area (Å²) >= 11 is 1.81. The summed E-state index contributed by atoms with van der Waals surface area (Å²) in [5.74, 6) is 1.81. The highest BCUT2D eigenvalue weighted by molar-refractivity contribution is 7.11. The van der Waals surface area contributed by atoms with Crippen molar-refractivity contribution in [3.63, 3.8) is 0 Å². The maximum atomic E-state index is 12.2. The van der Waals surface area contributed by atoms with Gasteiger partial charge in [0, 0.05) is 30.8 Å². The van der Waals surface area contributed by atoms with Gasteiger partial charge in [-0.25, -0.2) is 0 Å². The smallest absolute Gasteiger partial charge is 0.225 e. The minimum Gasteiger partial charge on any atom is -0.342 e. The number of amides is 1. The van der Waals surface area contributed by atoms with Crippen LogP contribution in [0, 0.1) is 5.92 Å². The highest BCUT2D eigenvalue weighted by Gasteiger charge is 2.36. The Kier molecular flexibility index (Phi) is 3.69. The molecule has 2 saturated carbocycles. The van der Waals surface area contributed by atoms with Crippen molar-refractivity contribution in [2.24, 2.45) is 5.92 Å². The van der Waals surface area contributed by atoms with Gasteiger partial charge < -0.3 is 4.90 Å². The van der Waals surface area contributed by atoms with E-state index in [1.165, 1.54) is 35.7 Å². The van der Waals surface area contributed by atoms with Crippen LogP contribution in [0.5, 0.6) is 0 Å². The van der Waals surface area contributed by atoms with Gasteiger partial charge in [0.2, 0.25) is 5.91 Å². The normalized spacial score (nSPS) is 27.2. The molecule has 0 bridgehead atoms. The lowest BCUT2D eigenvalue weighted by atomic mass is 9.98. The Balaban J connectivity index is 1.44. The third kappa shape index (κ3) is 2.85. The van der Waals surface area contributed by atoms with Crippen molar-refractivity contribution in [1.29, 1.82) is 0 Å². The first-order chi connectivity index (χ1) is 10.3. The predicted octanol–water partition coefficient (Wildman–Crippen LogP) is 3.31. The molecule has 0 spiro atoms. The van der Waals surface area contributed by atoms with E-state index < -0.39 is 0 Å². The molecule has 21 heavy (non-hydrogen) atoms. The van der Waals surface area contributed by atoms with Gasteiger partial charge in [0.25, 0.3) is 0 Å². The molecule has 1 aliphatic heterocycles. The molecule has 114 valence electrons. The van der Waals surface area contributed by atoms with E-state index in [0.29, 0.717) is 23.7 Å².